The summed E-state index contributed by atoms with van der Waals surface area (Å²) >= 11 is 6.28. The molecule has 1 saturated heterocycles. The maximum atomic E-state index is 13.1. The van der Waals surface area contributed by atoms with Crippen LogP contribution >= 0.6 is 11.6 Å². The number of likely N-dealkylation sites (tertiary alicyclic amines) is 1. The minimum absolute atomic E-state index is 0.0375. The van der Waals surface area contributed by atoms with Crippen LogP contribution in [0.5, 0.6) is 0 Å². The number of aromatic nitrogens is 2. The molecule has 0 aliphatic carbocycles. The van der Waals surface area contributed by atoms with Crippen molar-refractivity contribution in [2.24, 2.45) is 0 Å². The Kier molecular flexibility index (Phi) is 4.70. The molecule has 2 aromatic heterocycles. The molecule has 1 amide bonds. The van der Waals surface area contributed by atoms with Crippen molar-refractivity contribution >= 4 is 23.2 Å². The molecule has 0 bridgehead atoms. The van der Waals surface area contributed by atoms with Gasteiger partial charge in [0.25, 0.3) is 11.5 Å². The fourth-order valence-electron chi connectivity index (χ4n) is 3.71. The fourth-order valence-corrected chi connectivity index (χ4v) is 3.92. The summed E-state index contributed by atoms with van der Waals surface area (Å²) in [6.45, 7) is 2.58. The number of rotatable bonds is 3. The molecule has 3 heterocycles. The summed E-state index contributed by atoms with van der Waals surface area (Å²) in [6, 6.07) is 11.4. The molecule has 1 atom stereocenters. The van der Waals surface area contributed by atoms with E-state index in [0.29, 0.717) is 23.6 Å². The predicted molar refractivity (Wildman–Crippen MR) is 105 cm³/mol. The van der Waals surface area contributed by atoms with Gasteiger partial charge in [-0.2, -0.15) is 0 Å². The number of carbonyl (C=O) groups is 1. The number of fused-ring (bicyclic) bond motifs is 1. The van der Waals surface area contributed by atoms with E-state index >= 15 is 0 Å². The number of hydrogen-bond acceptors (Lipinski definition) is 3. The van der Waals surface area contributed by atoms with Crippen LogP contribution in [0.25, 0.3) is 5.65 Å². The number of benzene rings is 1. The van der Waals surface area contributed by atoms with Gasteiger partial charge in [-0.05, 0) is 55.5 Å². The number of hydrogen-bond donors (Lipinski definition) is 0. The van der Waals surface area contributed by atoms with Gasteiger partial charge in [-0.1, -0.05) is 29.8 Å². The third-order valence-corrected chi connectivity index (χ3v) is 5.52. The molecule has 0 radical (unpaired) electrons. The van der Waals surface area contributed by atoms with Crippen molar-refractivity contribution in [1.29, 1.82) is 0 Å². The smallest absolute Gasteiger partial charge is 0.270 e. The molecular weight excluding hydrogens is 362 g/mol. The maximum absolute atomic E-state index is 13.1. The van der Waals surface area contributed by atoms with E-state index in [9.17, 15) is 9.59 Å². The van der Waals surface area contributed by atoms with Crippen LogP contribution in [-0.4, -0.2) is 32.8 Å². The minimum atomic E-state index is -0.326. The van der Waals surface area contributed by atoms with Gasteiger partial charge < -0.3 is 4.90 Å². The van der Waals surface area contributed by atoms with Crippen molar-refractivity contribution in [3.05, 3.63) is 80.9 Å². The molecule has 1 aromatic carbocycles. The van der Waals surface area contributed by atoms with Gasteiger partial charge in [0.2, 0.25) is 0 Å². The molecule has 1 aliphatic rings. The van der Waals surface area contributed by atoms with E-state index in [1.807, 2.05) is 43.3 Å². The Balaban J connectivity index is 1.64. The average Bonchev–Trinajstić information content (AvgIpc) is 3.11. The number of pyridine rings is 1. The highest BCUT2D eigenvalue weighted by molar-refractivity contribution is 6.31. The van der Waals surface area contributed by atoms with Gasteiger partial charge in [-0.25, -0.2) is 4.98 Å². The Morgan fingerprint density at radius 1 is 1.30 bits per heavy atom. The van der Waals surface area contributed by atoms with E-state index in [1.54, 1.807) is 11.1 Å². The zero-order valence-corrected chi connectivity index (χ0v) is 15.8. The lowest BCUT2D eigenvalue weighted by atomic mass is 10.0. The molecule has 1 unspecified atom stereocenters. The summed E-state index contributed by atoms with van der Waals surface area (Å²) < 4.78 is 1.43. The van der Waals surface area contributed by atoms with E-state index in [-0.39, 0.29) is 23.1 Å². The molecule has 1 fully saturated rings. The molecule has 0 saturated carbocycles. The standard InChI is InChI=1S/C21H20ClN3O2/c1-14-8-10-25-19(11-14)23-13-17(21(25)27)20(26)24-9-4-6-16(24)12-15-5-2-3-7-18(15)22/h2-3,5,7-8,10-11,13,16H,4,6,9,12H2,1H3. The van der Waals surface area contributed by atoms with Crippen LogP contribution in [0.2, 0.25) is 5.02 Å². The second kappa shape index (κ2) is 7.16. The van der Waals surface area contributed by atoms with Crippen molar-refractivity contribution in [3.8, 4) is 0 Å². The SMILES string of the molecule is Cc1ccn2c(=O)c(C(=O)N3CCCC3Cc3ccccc3Cl)cnc2c1. The maximum Gasteiger partial charge on any atom is 0.270 e. The molecule has 27 heavy (non-hydrogen) atoms. The highest BCUT2D eigenvalue weighted by Crippen LogP contribution is 2.25. The van der Waals surface area contributed by atoms with Crippen LogP contribution in [0.3, 0.4) is 0 Å². The van der Waals surface area contributed by atoms with E-state index in [4.69, 9.17) is 11.6 Å². The number of aryl methyl sites for hydroxylation is 1. The zero-order chi connectivity index (χ0) is 19.0. The van der Waals surface area contributed by atoms with Gasteiger partial charge in [0, 0.05) is 30.0 Å². The van der Waals surface area contributed by atoms with Crippen molar-refractivity contribution in [3.63, 3.8) is 0 Å². The Labute approximate surface area is 162 Å². The first-order valence-corrected chi connectivity index (χ1v) is 9.45. The lowest BCUT2D eigenvalue weighted by molar-refractivity contribution is 0.0734. The predicted octanol–water partition coefficient (Wildman–Crippen LogP) is 3.50. The lowest BCUT2D eigenvalue weighted by Gasteiger charge is -2.25. The van der Waals surface area contributed by atoms with Crippen molar-refractivity contribution in [2.75, 3.05) is 6.54 Å². The molecule has 5 nitrogen and oxygen atoms in total. The van der Waals surface area contributed by atoms with Gasteiger partial charge in [-0.15, -0.1) is 0 Å². The summed E-state index contributed by atoms with van der Waals surface area (Å²) in [5.41, 5.74) is 2.37. The number of carbonyl (C=O) groups excluding carboxylic acids is 1. The number of halogens is 1. The lowest BCUT2D eigenvalue weighted by Crippen LogP contribution is -2.40. The van der Waals surface area contributed by atoms with E-state index in [2.05, 4.69) is 4.98 Å². The van der Waals surface area contributed by atoms with Gasteiger partial charge >= 0.3 is 0 Å². The van der Waals surface area contributed by atoms with Crippen LogP contribution in [0, 0.1) is 6.92 Å². The topological polar surface area (TPSA) is 54.7 Å². The molecule has 0 spiro atoms. The Bertz CT molecular complexity index is 1080. The second-order valence-corrected chi connectivity index (χ2v) is 7.41. The van der Waals surface area contributed by atoms with E-state index < -0.39 is 0 Å². The normalized spacial score (nSPS) is 16.8. The molecule has 4 rings (SSSR count). The number of amides is 1. The van der Waals surface area contributed by atoms with Crippen LogP contribution in [0.4, 0.5) is 0 Å². The van der Waals surface area contributed by atoms with Gasteiger partial charge in [0.05, 0.1) is 0 Å². The monoisotopic (exact) mass is 381 g/mol. The third kappa shape index (κ3) is 3.35. The van der Waals surface area contributed by atoms with Crippen molar-refractivity contribution < 1.29 is 4.79 Å². The summed E-state index contributed by atoms with van der Waals surface area (Å²) in [5.74, 6) is -0.253. The zero-order valence-electron chi connectivity index (χ0n) is 15.1. The molecule has 0 N–H and O–H groups in total. The molecule has 138 valence electrons. The van der Waals surface area contributed by atoms with Crippen molar-refractivity contribution in [1.82, 2.24) is 14.3 Å². The molecule has 1 aliphatic heterocycles. The Morgan fingerprint density at radius 2 is 2.11 bits per heavy atom. The van der Waals surface area contributed by atoms with Crippen molar-refractivity contribution in [2.45, 2.75) is 32.2 Å². The van der Waals surface area contributed by atoms with Crippen LogP contribution in [-0.2, 0) is 6.42 Å². The number of nitrogens with zero attached hydrogens (tertiary/aromatic N) is 3. The molecule has 3 aromatic rings. The molecular formula is C21H20ClN3O2. The summed E-state index contributed by atoms with van der Waals surface area (Å²) in [6.07, 6.45) is 5.58. The van der Waals surface area contributed by atoms with Gasteiger partial charge in [-0.3, -0.25) is 14.0 Å². The minimum Gasteiger partial charge on any atom is -0.335 e. The van der Waals surface area contributed by atoms with E-state index in [0.717, 1.165) is 24.0 Å². The van der Waals surface area contributed by atoms with E-state index in [1.165, 1.54) is 10.6 Å². The van der Waals surface area contributed by atoms with Crippen LogP contribution in [0.1, 0.15) is 34.3 Å². The first-order valence-electron chi connectivity index (χ1n) is 9.07. The molecule has 6 heteroatoms. The van der Waals surface area contributed by atoms with Crippen LogP contribution in [0.15, 0.2) is 53.6 Å². The Morgan fingerprint density at radius 3 is 2.93 bits per heavy atom. The van der Waals surface area contributed by atoms with Gasteiger partial charge in [0.1, 0.15) is 11.2 Å². The highest BCUT2D eigenvalue weighted by atomic mass is 35.5. The first kappa shape index (κ1) is 17.7. The highest BCUT2D eigenvalue weighted by Gasteiger charge is 2.31. The van der Waals surface area contributed by atoms with Crippen LogP contribution < -0.4 is 5.56 Å². The Hall–Kier alpha value is -2.66. The summed E-state index contributed by atoms with van der Waals surface area (Å²) in [4.78, 5) is 32.0. The third-order valence-electron chi connectivity index (χ3n) is 5.15. The average molecular weight is 382 g/mol. The fraction of sp³-hybridized carbons (Fsp3) is 0.286. The first-order chi connectivity index (χ1) is 13.0. The largest absolute Gasteiger partial charge is 0.335 e. The quantitative estimate of drug-likeness (QED) is 0.697. The second-order valence-electron chi connectivity index (χ2n) is 7.00. The van der Waals surface area contributed by atoms with Gasteiger partial charge in [0.15, 0.2) is 0 Å². The summed E-state index contributed by atoms with van der Waals surface area (Å²) in [7, 11) is 0. The summed E-state index contributed by atoms with van der Waals surface area (Å²) in [5, 5.41) is 0.708.